The lowest BCUT2D eigenvalue weighted by Crippen LogP contribution is -2.20. The van der Waals surface area contributed by atoms with Crippen LogP contribution in [0.2, 0.25) is 0 Å². The number of nitrogens with one attached hydrogen (secondary N) is 1. The average molecular weight is 189 g/mol. The van der Waals surface area contributed by atoms with Crippen LogP contribution in [0.25, 0.3) is 0 Å². The van der Waals surface area contributed by atoms with Gasteiger partial charge < -0.3 is 21.0 Å². The Hall–Kier alpha value is -2.19. The number of nitrogens with zero attached hydrogens (tertiary/aromatic N) is 3. The summed E-state index contributed by atoms with van der Waals surface area (Å²) in [6.07, 6.45) is 0.650. The summed E-state index contributed by atoms with van der Waals surface area (Å²) in [6, 6.07) is 0. The van der Waals surface area contributed by atoms with Crippen LogP contribution < -0.4 is 11.3 Å². The Labute approximate surface area is 72.1 Å². The molecule has 13 heavy (non-hydrogen) atoms. The Balaban J connectivity index is 3.91. The molecular formula is C4H7N5O4. The second-order valence-corrected chi connectivity index (χ2v) is 1.74. The molecule has 0 amide bonds. The molecule has 72 valence electrons. The highest BCUT2D eigenvalue weighted by molar-refractivity contribution is 5.92. The van der Waals surface area contributed by atoms with Crippen molar-refractivity contribution in [2.75, 3.05) is 0 Å². The normalized spacial score (nSPS) is 11.5. The number of hydrazine groups is 1. The first kappa shape index (κ1) is 10.8. The Morgan fingerprint density at radius 3 is 2.85 bits per heavy atom. The first-order valence-electron chi connectivity index (χ1n) is 3.00. The van der Waals surface area contributed by atoms with Gasteiger partial charge in [-0.3, -0.25) is 4.79 Å². The van der Waals surface area contributed by atoms with Gasteiger partial charge in [-0.05, 0) is 5.53 Å². The molecule has 0 bridgehead atoms. The van der Waals surface area contributed by atoms with E-state index in [0.29, 0.717) is 0 Å². The van der Waals surface area contributed by atoms with E-state index in [4.69, 9.17) is 10.8 Å². The van der Waals surface area contributed by atoms with E-state index in [0.717, 1.165) is 6.21 Å². The minimum Gasteiger partial charge on any atom is -0.481 e. The van der Waals surface area contributed by atoms with Crippen LogP contribution in [-0.4, -0.2) is 28.3 Å². The second kappa shape index (κ2) is 5.46. The summed E-state index contributed by atoms with van der Waals surface area (Å²) in [6.45, 7) is 0. The van der Waals surface area contributed by atoms with Gasteiger partial charge in [0.15, 0.2) is 0 Å². The summed E-state index contributed by atoms with van der Waals surface area (Å²) < 4.78 is 0. The Morgan fingerprint density at radius 2 is 2.38 bits per heavy atom. The van der Waals surface area contributed by atoms with Crippen molar-refractivity contribution in [2.45, 2.75) is 6.42 Å². The first-order chi connectivity index (χ1) is 6.02. The molecule has 0 aliphatic rings. The number of guanidine groups is 1. The molecular weight excluding hydrogens is 182 g/mol. The Morgan fingerprint density at radius 1 is 1.77 bits per heavy atom. The van der Waals surface area contributed by atoms with Crippen LogP contribution in [0.1, 0.15) is 6.42 Å². The van der Waals surface area contributed by atoms with Crippen molar-refractivity contribution >= 4 is 18.1 Å². The van der Waals surface area contributed by atoms with Gasteiger partial charge in [-0.15, -0.1) is 0 Å². The molecule has 0 aromatic rings. The maximum absolute atomic E-state index is 9.95. The van der Waals surface area contributed by atoms with Gasteiger partial charge >= 0.3 is 11.9 Å². The van der Waals surface area contributed by atoms with Gasteiger partial charge in [-0.2, -0.15) is 0 Å². The summed E-state index contributed by atoms with van der Waals surface area (Å²) in [5, 5.41) is 19.9. The number of hydrogen-bond donors (Lipinski definition) is 3. The van der Waals surface area contributed by atoms with Crippen molar-refractivity contribution in [2.24, 2.45) is 15.8 Å². The zero-order valence-corrected chi connectivity index (χ0v) is 6.38. The molecule has 0 aliphatic heterocycles. The van der Waals surface area contributed by atoms with Gasteiger partial charge in [0.05, 0.1) is 16.6 Å². The van der Waals surface area contributed by atoms with Crippen LogP contribution in [0.4, 0.5) is 0 Å². The molecule has 9 nitrogen and oxygen atoms in total. The quantitative estimate of drug-likeness (QED) is 0.213. The monoisotopic (exact) mass is 189 g/mol. The largest absolute Gasteiger partial charge is 0.481 e. The molecule has 0 rings (SSSR count). The number of nitrogens with two attached hydrogens (primary N) is 1. The summed E-state index contributed by atoms with van der Waals surface area (Å²) in [5.74, 6) is -1.50. The van der Waals surface area contributed by atoms with Crippen LogP contribution in [-0.2, 0) is 4.79 Å². The lowest BCUT2D eigenvalue weighted by atomic mass is 10.5. The number of nitro groups is 1. The van der Waals surface area contributed by atoms with E-state index in [1.165, 1.54) is 5.53 Å². The van der Waals surface area contributed by atoms with Crippen molar-refractivity contribution < 1.29 is 14.9 Å². The van der Waals surface area contributed by atoms with Crippen molar-refractivity contribution in [3.05, 3.63) is 10.1 Å². The molecule has 0 atom stereocenters. The number of carboxylic acid groups (broad SMARTS) is 1. The van der Waals surface area contributed by atoms with Crippen LogP contribution in [0.5, 0.6) is 0 Å². The molecule has 0 spiro atoms. The van der Waals surface area contributed by atoms with Crippen LogP contribution in [0.3, 0.4) is 0 Å². The summed E-state index contributed by atoms with van der Waals surface area (Å²) in [4.78, 5) is 22.9. The topological polar surface area (TPSA) is 143 Å². The predicted molar refractivity (Wildman–Crippen MR) is 42.5 cm³/mol. The zero-order valence-electron chi connectivity index (χ0n) is 6.38. The lowest BCUT2D eigenvalue weighted by molar-refractivity contribution is -0.545. The fraction of sp³-hybridized carbons (Fsp3) is 0.250. The smallest absolute Gasteiger partial charge is 0.360 e. The molecule has 0 saturated heterocycles. The molecule has 0 fully saturated rings. The first-order valence-corrected chi connectivity index (χ1v) is 3.00. The maximum Gasteiger partial charge on any atom is 0.360 e. The van der Waals surface area contributed by atoms with E-state index < -0.39 is 17.0 Å². The van der Waals surface area contributed by atoms with Crippen LogP contribution in [0.15, 0.2) is 10.1 Å². The molecule has 0 radical (unpaired) electrons. The Kier molecular flexibility index (Phi) is 4.54. The highest BCUT2D eigenvalue weighted by atomic mass is 16.7. The minimum atomic E-state index is -1.08. The van der Waals surface area contributed by atoms with Gasteiger partial charge in [-0.25, -0.2) is 4.99 Å². The number of aliphatic imine (C=N–C) groups is 1. The van der Waals surface area contributed by atoms with Crippen molar-refractivity contribution in [1.82, 2.24) is 5.53 Å². The molecule has 0 heterocycles. The lowest BCUT2D eigenvalue weighted by Gasteiger charge is -1.87. The second-order valence-electron chi connectivity index (χ2n) is 1.74. The van der Waals surface area contributed by atoms with E-state index in [-0.39, 0.29) is 6.42 Å². The van der Waals surface area contributed by atoms with Gasteiger partial charge in [-0.1, -0.05) is 0 Å². The van der Waals surface area contributed by atoms with Gasteiger partial charge in [0.1, 0.15) is 0 Å². The fourth-order valence-corrected chi connectivity index (χ4v) is 0.338. The summed E-state index contributed by atoms with van der Waals surface area (Å²) >= 11 is 0. The number of hydrogen-bond acceptors (Lipinski definition) is 4. The fourth-order valence-electron chi connectivity index (χ4n) is 0.338. The molecule has 0 aliphatic carbocycles. The molecule has 0 aromatic heterocycles. The molecule has 0 unspecified atom stereocenters. The maximum atomic E-state index is 9.95. The zero-order chi connectivity index (χ0) is 10.3. The highest BCUT2D eigenvalue weighted by Crippen LogP contribution is 1.74. The van der Waals surface area contributed by atoms with Gasteiger partial charge in [0, 0.05) is 6.21 Å². The number of carboxylic acids is 1. The number of aliphatic carboxylic acids is 1. The van der Waals surface area contributed by atoms with Gasteiger partial charge in [0.2, 0.25) is 0 Å². The number of hydrazone groups is 1. The van der Waals surface area contributed by atoms with Crippen LogP contribution in [0, 0.1) is 10.1 Å². The van der Waals surface area contributed by atoms with E-state index in [9.17, 15) is 14.9 Å². The highest BCUT2D eigenvalue weighted by Gasteiger charge is 1.96. The third-order valence-corrected chi connectivity index (χ3v) is 0.736. The van der Waals surface area contributed by atoms with Gasteiger partial charge in [0.25, 0.3) is 0 Å². The number of carbonyl (C=O) groups is 1. The average Bonchev–Trinajstić information content (AvgIpc) is 2.00. The molecule has 0 saturated carbocycles. The van der Waals surface area contributed by atoms with Crippen molar-refractivity contribution in [3.8, 4) is 0 Å². The van der Waals surface area contributed by atoms with Crippen LogP contribution >= 0.6 is 0 Å². The standard InChI is InChI=1S/C4H7N5O4/c5-4(7-8-9(12)13)6-2-1-3(10)11/h2,8H,1H2,(H2,5,7)(H,10,11). The van der Waals surface area contributed by atoms with E-state index in [2.05, 4.69) is 10.1 Å². The van der Waals surface area contributed by atoms with E-state index >= 15 is 0 Å². The Bertz CT molecular complexity index is 259. The number of rotatable bonds is 4. The third kappa shape index (κ3) is 7.71. The van der Waals surface area contributed by atoms with E-state index in [1.54, 1.807) is 0 Å². The molecule has 0 aromatic carbocycles. The third-order valence-electron chi connectivity index (χ3n) is 0.736. The predicted octanol–water partition coefficient (Wildman–Crippen LogP) is -1.46. The van der Waals surface area contributed by atoms with Crippen molar-refractivity contribution in [3.63, 3.8) is 0 Å². The van der Waals surface area contributed by atoms with E-state index in [1.807, 2.05) is 0 Å². The summed E-state index contributed by atoms with van der Waals surface area (Å²) in [7, 11) is 0. The molecule has 9 heteroatoms. The molecule has 4 N–H and O–H groups in total. The SMILES string of the molecule is NC(N=CCC(=O)O)=NN[N+](=O)[O-]. The van der Waals surface area contributed by atoms with Crippen molar-refractivity contribution in [1.29, 1.82) is 0 Å². The minimum absolute atomic E-state index is 0.325. The summed E-state index contributed by atoms with van der Waals surface area (Å²) in [5.41, 5.74) is 6.41.